The van der Waals surface area contributed by atoms with Crippen LogP contribution in [0.5, 0.6) is 0 Å². The summed E-state index contributed by atoms with van der Waals surface area (Å²) in [5.41, 5.74) is 0.191. The van der Waals surface area contributed by atoms with Gasteiger partial charge in [-0.2, -0.15) is 0 Å². The molecule has 12 heteroatoms. The Kier molecular flexibility index (Phi) is 6.89. The average molecular weight is 490 g/mol. The molecule has 1 aliphatic heterocycles. The van der Waals surface area contributed by atoms with E-state index in [0.29, 0.717) is 19.4 Å². The average Bonchev–Trinajstić information content (AvgIpc) is 2.69. The van der Waals surface area contributed by atoms with Gasteiger partial charge < -0.3 is 5.32 Å². The van der Waals surface area contributed by atoms with Gasteiger partial charge in [0.2, 0.25) is 10.0 Å². The van der Waals surface area contributed by atoms with Crippen molar-refractivity contribution in [3.8, 4) is 0 Å². The summed E-state index contributed by atoms with van der Waals surface area (Å²) in [6.07, 6.45) is 2.31. The van der Waals surface area contributed by atoms with E-state index in [4.69, 9.17) is 11.6 Å². The van der Waals surface area contributed by atoms with Crippen LogP contribution in [0.15, 0.2) is 47.4 Å². The van der Waals surface area contributed by atoms with Gasteiger partial charge in [0.05, 0.1) is 11.3 Å². The molecule has 1 atom stereocenters. The van der Waals surface area contributed by atoms with Gasteiger partial charge in [-0.15, -0.1) is 0 Å². The van der Waals surface area contributed by atoms with Crippen molar-refractivity contribution in [1.29, 1.82) is 0 Å². The molecule has 0 spiro atoms. The number of nitrogens with zero attached hydrogens (tertiary/aromatic N) is 1. The quantitative estimate of drug-likeness (QED) is 0.647. The molecule has 0 saturated carbocycles. The fourth-order valence-electron chi connectivity index (χ4n) is 3.21. The molecule has 0 radical (unpaired) electrons. The lowest BCUT2D eigenvalue weighted by atomic mass is 10.1. The van der Waals surface area contributed by atoms with Crippen LogP contribution in [0.3, 0.4) is 0 Å². The highest BCUT2D eigenvalue weighted by molar-refractivity contribution is 7.92. The van der Waals surface area contributed by atoms with Crippen LogP contribution in [-0.4, -0.2) is 52.4 Å². The van der Waals surface area contributed by atoms with Crippen LogP contribution in [-0.2, 0) is 20.0 Å². The molecule has 2 N–H and O–H groups in total. The third-order valence-electron chi connectivity index (χ3n) is 4.77. The molecule has 8 nitrogen and oxygen atoms in total. The first-order valence-electron chi connectivity index (χ1n) is 9.29. The SMILES string of the molecule is CS(=O)(=O)N1CCCC(NC(=O)c2ccc(Cl)c(S(=O)(=O)Nc3ccc(F)cc3)c2)C1. The number of hydrogen-bond donors (Lipinski definition) is 2. The summed E-state index contributed by atoms with van der Waals surface area (Å²) in [4.78, 5) is 12.4. The van der Waals surface area contributed by atoms with E-state index in [0.717, 1.165) is 24.5 Å². The Morgan fingerprint density at radius 1 is 1.13 bits per heavy atom. The van der Waals surface area contributed by atoms with Crippen LogP contribution >= 0.6 is 11.6 Å². The minimum absolute atomic E-state index is 0.0559. The zero-order valence-electron chi connectivity index (χ0n) is 16.5. The Morgan fingerprint density at radius 3 is 2.45 bits per heavy atom. The first kappa shape index (κ1) is 23.5. The van der Waals surface area contributed by atoms with Gasteiger partial charge in [-0.3, -0.25) is 9.52 Å². The first-order chi connectivity index (χ1) is 14.5. The van der Waals surface area contributed by atoms with Gasteiger partial charge in [-0.1, -0.05) is 11.6 Å². The predicted octanol–water partition coefficient (Wildman–Crippen LogP) is 2.43. The second-order valence-electron chi connectivity index (χ2n) is 7.19. The molecule has 1 heterocycles. The van der Waals surface area contributed by atoms with E-state index in [9.17, 15) is 26.0 Å². The zero-order chi connectivity index (χ0) is 22.8. The number of rotatable bonds is 6. The van der Waals surface area contributed by atoms with Crippen LogP contribution < -0.4 is 10.0 Å². The number of piperidine rings is 1. The summed E-state index contributed by atoms with van der Waals surface area (Å²) in [7, 11) is -7.52. The highest BCUT2D eigenvalue weighted by atomic mass is 35.5. The van der Waals surface area contributed by atoms with Gasteiger partial charge in [0.15, 0.2) is 0 Å². The Balaban J connectivity index is 1.78. The molecule has 0 bridgehead atoms. The standard InChI is InChI=1S/C19H21ClFN3O5S2/c1-30(26,27)24-10-2-3-16(12-24)22-19(25)13-4-9-17(20)18(11-13)31(28,29)23-15-7-5-14(21)6-8-15/h4-9,11,16,23H,2-3,10,12H2,1H3,(H,22,25). The number of benzene rings is 2. The highest BCUT2D eigenvalue weighted by Crippen LogP contribution is 2.25. The zero-order valence-corrected chi connectivity index (χ0v) is 18.9. The van der Waals surface area contributed by atoms with Crippen LogP contribution in [0.2, 0.25) is 5.02 Å². The van der Waals surface area contributed by atoms with Gasteiger partial charge in [0, 0.05) is 30.4 Å². The number of amides is 1. The van der Waals surface area contributed by atoms with Crippen molar-refractivity contribution >= 4 is 43.2 Å². The van der Waals surface area contributed by atoms with Gasteiger partial charge in [-0.05, 0) is 55.3 Å². The van der Waals surface area contributed by atoms with E-state index in [1.54, 1.807) is 0 Å². The van der Waals surface area contributed by atoms with Crippen LogP contribution in [0.25, 0.3) is 0 Å². The van der Waals surface area contributed by atoms with E-state index >= 15 is 0 Å². The molecule has 3 rings (SSSR count). The van der Waals surface area contributed by atoms with Crippen molar-refractivity contribution in [2.24, 2.45) is 0 Å². The van der Waals surface area contributed by atoms with Crippen LogP contribution in [0.4, 0.5) is 10.1 Å². The molecule has 1 amide bonds. The number of carbonyl (C=O) groups is 1. The molecule has 2 aromatic rings. The minimum Gasteiger partial charge on any atom is -0.348 e. The number of carbonyl (C=O) groups excluding carboxylic acids is 1. The molecule has 1 fully saturated rings. The molecule has 1 aliphatic rings. The Morgan fingerprint density at radius 2 is 1.81 bits per heavy atom. The molecule has 0 aromatic heterocycles. The third-order valence-corrected chi connectivity index (χ3v) is 7.90. The van der Waals surface area contributed by atoms with Crippen molar-refractivity contribution in [3.63, 3.8) is 0 Å². The summed E-state index contributed by atoms with van der Waals surface area (Å²) in [6, 6.07) is 8.14. The molecule has 168 valence electrons. The molecule has 0 aliphatic carbocycles. The molecular formula is C19H21ClFN3O5S2. The van der Waals surface area contributed by atoms with Crippen LogP contribution in [0, 0.1) is 5.82 Å². The second kappa shape index (κ2) is 9.11. The van der Waals surface area contributed by atoms with E-state index in [1.165, 1.54) is 28.6 Å². The maximum Gasteiger partial charge on any atom is 0.263 e. The summed E-state index contributed by atoms with van der Waals surface area (Å²) in [5, 5.41) is 2.66. The molecule has 1 unspecified atom stereocenters. The van der Waals surface area contributed by atoms with Gasteiger partial charge in [0.25, 0.3) is 15.9 Å². The summed E-state index contributed by atoms with van der Waals surface area (Å²) >= 11 is 6.05. The second-order valence-corrected chi connectivity index (χ2v) is 11.2. The lowest BCUT2D eigenvalue weighted by molar-refractivity contribution is 0.0921. The van der Waals surface area contributed by atoms with E-state index < -0.39 is 37.8 Å². The Labute approximate surface area is 185 Å². The lowest BCUT2D eigenvalue weighted by Crippen LogP contribution is -2.49. The van der Waals surface area contributed by atoms with Gasteiger partial charge >= 0.3 is 0 Å². The molecule has 2 aromatic carbocycles. The monoisotopic (exact) mass is 489 g/mol. The smallest absolute Gasteiger partial charge is 0.263 e. The van der Waals surface area contributed by atoms with E-state index in [2.05, 4.69) is 10.0 Å². The van der Waals surface area contributed by atoms with Gasteiger partial charge in [0.1, 0.15) is 10.7 Å². The van der Waals surface area contributed by atoms with E-state index in [1.807, 2.05) is 0 Å². The summed E-state index contributed by atoms with van der Waals surface area (Å²) < 4.78 is 65.6. The molecular weight excluding hydrogens is 469 g/mol. The first-order valence-corrected chi connectivity index (χ1v) is 13.0. The van der Waals surface area contributed by atoms with Crippen molar-refractivity contribution in [2.45, 2.75) is 23.8 Å². The fraction of sp³-hybridized carbons (Fsp3) is 0.316. The Bertz CT molecular complexity index is 1190. The highest BCUT2D eigenvalue weighted by Gasteiger charge is 2.27. The summed E-state index contributed by atoms with van der Waals surface area (Å²) in [6.45, 7) is 0.541. The maximum atomic E-state index is 13.1. The lowest BCUT2D eigenvalue weighted by Gasteiger charge is -2.31. The van der Waals surface area contributed by atoms with Crippen molar-refractivity contribution < 1.29 is 26.0 Å². The van der Waals surface area contributed by atoms with Crippen molar-refractivity contribution in [3.05, 3.63) is 58.9 Å². The molecule has 31 heavy (non-hydrogen) atoms. The summed E-state index contributed by atoms with van der Waals surface area (Å²) in [5.74, 6) is -1.06. The number of nitrogens with one attached hydrogen (secondary N) is 2. The number of halogens is 2. The van der Waals surface area contributed by atoms with Crippen molar-refractivity contribution in [1.82, 2.24) is 9.62 Å². The maximum absolute atomic E-state index is 13.1. The largest absolute Gasteiger partial charge is 0.348 e. The van der Waals surface area contributed by atoms with Crippen LogP contribution in [0.1, 0.15) is 23.2 Å². The number of anilines is 1. The van der Waals surface area contributed by atoms with Gasteiger partial charge in [-0.25, -0.2) is 25.5 Å². The minimum atomic E-state index is -4.15. The Hall–Kier alpha value is -2.21. The van der Waals surface area contributed by atoms with E-state index in [-0.39, 0.29) is 27.7 Å². The number of hydrogen-bond acceptors (Lipinski definition) is 5. The third kappa shape index (κ3) is 5.94. The molecule has 1 saturated heterocycles. The van der Waals surface area contributed by atoms with Crippen molar-refractivity contribution in [2.75, 3.05) is 24.1 Å². The normalized spacial score (nSPS) is 17.8. The predicted molar refractivity (Wildman–Crippen MR) is 116 cm³/mol. The fourth-order valence-corrected chi connectivity index (χ4v) is 5.71. The number of sulfonamides is 2. The topological polar surface area (TPSA) is 113 Å².